The Kier molecular flexibility index (Phi) is 4.35. The highest BCUT2D eigenvalue weighted by molar-refractivity contribution is 6.30. The van der Waals surface area contributed by atoms with Crippen molar-refractivity contribution in [2.24, 2.45) is 5.73 Å². The normalized spacial score (nSPS) is 10.5. The van der Waals surface area contributed by atoms with Crippen molar-refractivity contribution in [2.45, 2.75) is 13.2 Å². The molecule has 0 aliphatic rings. The largest absolute Gasteiger partial charge is 0.483 e. The summed E-state index contributed by atoms with van der Waals surface area (Å²) >= 11 is 5.74. The molecule has 0 bridgehead atoms. The SMILES string of the molecule is NCc1cc(F)c(OCc2ccc(Cl)cc2)c(F)c1. The first kappa shape index (κ1) is 13.8. The molecule has 5 heteroatoms. The van der Waals surface area contributed by atoms with Gasteiger partial charge in [0.05, 0.1) is 0 Å². The molecule has 0 aromatic heterocycles. The van der Waals surface area contributed by atoms with E-state index in [1.807, 2.05) is 0 Å². The summed E-state index contributed by atoms with van der Waals surface area (Å²) in [6, 6.07) is 9.16. The van der Waals surface area contributed by atoms with Crippen molar-refractivity contribution in [2.75, 3.05) is 0 Å². The Balaban J connectivity index is 2.13. The van der Waals surface area contributed by atoms with Crippen LogP contribution in [0.5, 0.6) is 5.75 Å². The molecule has 0 saturated carbocycles. The third kappa shape index (κ3) is 3.43. The van der Waals surface area contributed by atoms with Crippen LogP contribution >= 0.6 is 11.6 Å². The van der Waals surface area contributed by atoms with Gasteiger partial charge in [0.1, 0.15) is 6.61 Å². The average Bonchev–Trinajstić information content (AvgIpc) is 2.39. The van der Waals surface area contributed by atoms with Crippen molar-refractivity contribution in [1.29, 1.82) is 0 Å². The van der Waals surface area contributed by atoms with E-state index in [-0.39, 0.29) is 13.2 Å². The Morgan fingerprint density at radius 2 is 1.58 bits per heavy atom. The molecular weight excluding hydrogens is 272 g/mol. The first-order valence-corrected chi connectivity index (χ1v) is 6.03. The van der Waals surface area contributed by atoms with Crippen molar-refractivity contribution in [3.05, 3.63) is 64.2 Å². The number of nitrogens with two attached hydrogens (primary N) is 1. The third-order valence-electron chi connectivity index (χ3n) is 2.59. The van der Waals surface area contributed by atoms with E-state index < -0.39 is 17.4 Å². The number of halogens is 3. The lowest BCUT2D eigenvalue weighted by molar-refractivity contribution is 0.274. The summed E-state index contributed by atoms with van der Waals surface area (Å²) in [6.45, 7) is 0.137. The molecule has 0 atom stereocenters. The second-order valence-corrected chi connectivity index (χ2v) is 4.44. The van der Waals surface area contributed by atoms with Crippen LogP contribution in [0, 0.1) is 11.6 Å². The molecule has 0 unspecified atom stereocenters. The minimum Gasteiger partial charge on any atom is -0.483 e. The smallest absolute Gasteiger partial charge is 0.191 e. The summed E-state index contributed by atoms with van der Waals surface area (Å²) in [5, 5.41) is 0.591. The second-order valence-electron chi connectivity index (χ2n) is 4.01. The number of hydrogen-bond donors (Lipinski definition) is 1. The number of benzene rings is 2. The molecule has 2 nitrogen and oxygen atoms in total. The average molecular weight is 284 g/mol. The van der Waals surface area contributed by atoms with Gasteiger partial charge in [-0.2, -0.15) is 0 Å². The Morgan fingerprint density at radius 3 is 2.11 bits per heavy atom. The number of rotatable bonds is 4. The Labute approximate surface area is 114 Å². The van der Waals surface area contributed by atoms with E-state index in [4.69, 9.17) is 22.1 Å². The fourth-order valence-electron chi connectivity index (χ4n) is 1.60. The molecule has 0 saturated heterocycles. The maximum absolute atomic E-state index is 13.6. The molecule has 2 N–H and O–H groups in total. The summed E-state index contributed by atoms with van der Waals surface area (Å²) in [5.41, 5.74) is 6.48. The quantitative estimate of drug-likeness (QED) is 0.929. The summed E-state index contributed by atoms with van der Waals surface area (Å²) in [6.07, 6.45) is 0. The van der Waals surface area contributed by atoms with Gasteiger partial charge in [0.2, 0.25) is 0 Å². The van der Waals surface area contributed by atoms with Crippen molar-refractivity contribution in [1.82, 2.24) is 0 Å². The van der Waals surface area contributed by atoms with Crippen LogP contribution in [0.1, 0.15) is 11.1 Å². The second kappa shape index (κ2) is 5.99. The summed E-state index contributed by atoms with van der Waals surface area (Å²) in [7, 11) is 0. The number of ether oxygens (including phenoxy) is 1. The van der Waals surface area contributed by atoms with Gasteiger partial charge in [0.25, 0.3) is 0 Å². The van der Waals surface area contributed by atoms with Crippen molar-refractivity contribution < 1.29 is 13.5 Å². The molecule has 100 valence electrons. The van der Waals surface area contributed by atoms with Crippen LogP contribution in [0.3, 0.4) is 0 Å². The minimum absolute atomic E-state index is 0.0625. The minimum atomic E-state index is -0.755. The Hall–Kier alpha value is -1.65. The van der Waals surface area contributed by atoms with Crippen LogP contribution in [0.25, 0.3) is 0 Å². The Bertz CT molecular complexity index is 549. The van der Waals surface area contributed by atoms with Crippen LogP contribution in [0.2, 0.25) is 5.02 Å². The highest BCUT2D eigenvalue weighted by atomic mass is 35.5. The molecule has 0 aliphatic heterocycles. The standard InChI is InChI=1S/C14H12ClF2NO/c15-11-3-1-9(2-4-11)8-19-14-12(16)5-10(7-18)6-13(14)17/h1-6H,7-8,18H2. The van der Waals surface area contributed by atoms with E-state index >= 15 is 0 Å². The van der Waals surface area contributed by atoms with Crippen LogP contribution in [0.4, 0.5) is 8.78 Å². The van der Waals surface area contributed by atoms with Gasteiger partial charge in [-0.25, -0.2) is 8.78 Å². The van der Waals surface area contributed by atoms with Crippen LogP contribution in [-0.2, 0) is 13.2 Å². The van der Waals surface area contributed by atoms with Crippen molar-refractivity contribution in [3.63, 3.8) is 0 Å². The van der Waals surface area contributed by atoms with Gasteiger partial charge in [0.15, 0.2) is 17.4 Å². The molecule has 0 spiro atoms. The van der Waals surface area contributed by atoms with E-state index in [1.165, 1.54) is 12.1 Å². The Morgan fingerprint density at radius 1 is 1.00 bits per heavy atom. The molecule has 2 aromatic rings. The van der Waals surface area contributed by atoms with E-state index in [9.17, 15) is 8.78 Å². The molecule has 0 aliphatic carbocycles. The van der Waals surface area contributed by atoms with Crippen LogP contribution < -0.4 is 10.5 Å². The highest BCUT2D eigenvalue weighted by Gasteiger charge is 2.12. The summed E-state index contributed by atoms with van der Waals surface area (Å²) in [5.74, 6) is -1.91. The van der Waals surface area contributed by atoms with Crippen LogP contribution in [-0.4, -0.2) is 0 Å². The van der Waals surface area contributed by atoms with Crippen LogP contribution in [0.15, 0.2) is 36.4 Å². The number of hydrogen-bond acceptors (Lipinski definition) is 2. The zero-order chi connectivity index (χ0) is 13.8. The topological polar surface area (TPSA) is 35.2 Å². The van der Waals surface area contributed by atoms with Gasteiger partial charge < -0.3 is 10.5 Å². The molecule has 19 heavy (non-hydrogen) atoms. The molecule has 0 radical (unpaired) electrons. The lowest BCUT2D eigenvalue weighted by Crippen LogP contribution is -2.03. The predicted octanol–water partition coefficient (Wildman–Crippen LogP) is 3.66. The van der Waals surface area contributed by atoms with Gasteiger partial charge in [-0.3, -0.25) is 0 Å². The zero-order valence-corrected chi connectivity index (χ0v) is 10.8. The molecular formula is C14H12ClF2NO. The van der Waals surface area contributed by atoms with Gasteiger partial charge in [-0.1, -0.05) is 23.7 Å². The van der Waals surface area contributed by atoms with E-state index in [0.717, 1.165) is 5.56 Å². The van der Waals surface area contributed by atoms with Gasteiger partial charge in [-0.05, 0) is 35.4 Å². The van der Waals surface area contributed by atoms with E-state index in [2.05, 4.69) is 0 Å². The maximum Gasteiger partial charge on any atom is 0.191 e. The zero-order valence-electron chi connectivity index (χ0n) is 10.00. The van der Waals surface area contributed by atoms with Gasteiger partial charge in [-0.15, -0.1) is 0 Å². The van der Waals surface area contributed by atoms with E-state index in [0.29, 0.717) is 10.6 Å². The molecule has 2 rings (SSSR count). The van der Waals surface area contributed by atoms with Crippen molar-refractivity contribution >= 4 is 11.6 Å². The van der Waals surface area contributed by atoms with Gasteiger partial charge in [0, 0.05) is 11.6 Å². The summed E-state index contributed by atoms with van der Waals surface area (Å²) < 4.78 is 32.4. The van der Waals surface area contributed by atoms with E-state index in [1.54, 1.807) is 24.3 Å². The highest BCUT2D eigenvalue weighted by Crippen LogP contribution is 2.24. The lowest BCUT2D eigenvalue weighted by Gasteiger charge is -2.09. The molecule has 0 fully saturated rings. The molecule has 0 amide bonds. The lowest BCUT2D eigenvalue weighted by atomic mass is 10.2. The third-order valence-corrected chi connectivity index (χ3v) is 2.84. The van der Waals surface area contributed by atoms with Gasteiger partial charge >= 0.3 is 0 Å². The monoisotopic (exact) mass is 283 g/mol. The summed E-state index contributed by atoms with van der Waals surface area (Å²) in [4.78, 5) is 0. The first-order valence-electron chi connectivity index (χ1n) is 5.65. The molecule has 2 aromatic carbocycles. The fourth-order valence-corrected chi connectivity index (χ4v) is 1.73. The van der Waals surface area contributed by atoms with Crippen molar-refractivity contribution in [3.8, 4) is 5.75 Å². The molecule has 0 heterocycles. The predicted molar refractivity (Wildman–Crippen MR) is 70.0 cm³/mol. The maximum atomic E-state index is 13.6. The fraction of sp³-hybridized carbons (Fsp3) is 0.143. The first-order chi connectivity index (χ1) is 9.10.